The molecule has 3 heterocycles. The number of halogens is 6. The van der Waals surface area contributed by atoms with Gasteiger partial charge in [0.15, 0.2) is 0 Å². The normalized spacial score (nSPS) is 14.9. The first kappa shape index (κ1) is 27.0. The molecule has 1 unspecified atom stereocenters. The molecule has 0 radical (unpaired) electrons. The summed E-state index contributed by atoms with van der Waals surface area (Å²) >= 11 is 0. The second kappa shape index (κ2) is 10.4. The van der Waals surface area contributed by atoms with Gasteiger partial charge in [0.2, 0.25) is 0 Å². The molecule has 13 heteroatoms. The molecule has 1 aliphatic rings. The lowest BCUT2D eigenvalue weighted by atomic mass is 10.0. The quantitative estimate of drug-likeness (QED) is 0.446. The van der Waals surface area contributed by atoms with Crippen LogP contribution in [0.5, 0.6) is 0 Å². The highest BCUT2D eigenvalue weighted by Gasteiger charge is 2.37. The van der Waals surface area contributed by atoms with Crippen LogP contribution in [0.25, 0.3) is 11.4 Å². The summed E-state index contributed by atoms with van der Waals surface area (Å²) in [6.45, 7) is 2.79. The minimum atomic E-state index is -5.09. The summed E-state index contributed by atoms with van der Waals surface area (Å²) in [5.41, 5.74) is -2.92. The molecule has 7 nitrogen and oxygen atoms in total. The molecule has 4 rings (SSSR count). The summed E-state index contributed by atoms with van der Waals surface area (Å²) in [5.74, 6) is -1.31. The fourth-order valence-corrected chi connectivity index (χ4v) is 4.06. The zero-order valence-corrected chi connectivity index (χ0v) is 19.9. The van der Waals surface area contributed by atoms with Crippen molar-refractivity contribution >= 4 is 11.8 Å². The highest BCUT2D eigenvalue weighted by atomic mass is 19.4. The molecule has 1 aromatic carbocycles. The van der Waals surface area contributed by atoms with Crippen LogP contribution in [0.4, 0.5) is 26.3 Å². The number of carbonyl (C=O) groups is 2. The third kappa shape index (κ3) is 5.92. The standard InChI is InChI=1S/C25H21F6N5O2/c1-14(35-22(37)16-10-17(24(26,27)28)12-18(11-16)25(29,30)31)20-21(33-7-6-32-20)19-5-4-15(13-34-19)23(38)36-8-2-3-9-36/h4-7,10-14H,2-3,8-9H2,1H3,(H,35,37). The molecule has 1 atom stereocenters. The summed E-state index contributed by atoms with van der Waals surface area (Å²) in [7, 11) is 0. The van der Waals surface area contributed by atoms with E-state index in [-0.39, 0.29) is 23.4 Å². The highest BCUT2D eigenvalue weighted by molar-refractivity contribution is 5.95. The van der Waals surface area contributed by atoms with E-state index in [1.165, 1.54) is 25.5 Å². The number of benzene rings is 1. The van der Waals surface area contributed by atoms with Gasteiger partial charge in [0, 0.05) is 37.2 Å². The van der Waals surface area contributed by atoms with E-state index in [0.29, 0.717) is 36.5 Å². The van der Waals surface area contributed by atoms with Crippen LogP contribution >= 0.6 is 0 Å². The van der Waals surface area contributed by atoms with Gasteiger partial charge in [-0.2, -0.15) is 26.3 Å². The van der Waals surface area contributed by atoms with Crippen molar-refractivity contribution in [1.29, 1.82) is 0 Å². The fourth-order valence-electron chi connectivity index (χ4n) is 4.06. The molecule has 0 aliphatic carbocycles. The average molecular weight is 537 g/mol. The number of likely N-dealkylation sites (tertiary alicyclic amines) is 1. The molecule has 38 heavy (non-hydrogen) atoms. The third-order valence-corrected chi connectivity index (χ3v) is 5.98. The van der Waals surface area contributed by atoms with E-state index in [2.05, 4.69) is 20.3 Å². The van der Waals surface area contributed by atoms with Crippen molar-refractivity contribution in [1.82, 2.24) is 25.2 Å². The van der Waals surface area contributed by atoms with Crippen molar-refractivity contribution in [2.45, 2.75) is 38.2 Å². The van der Waals surface area contributed by atoms with E-state index in [9.17, 15) is 35.9 Å². The molecule has 0 saturated carbocycles. The molecule has 0 spiro atoms. The Labute approximate surface area is 212 Å². The number of pyridine rings is 1. The second-order valence-electron chi connectivity index (χ2n) is 8.71. The second-order valence-corrected chi connectivity index (χ2v) is 8.71. The van der Waals surface area contributed by atoms with E-state index in [0.717, 1.165) is 12.8 Å². The maximum atomic E-state index is 13.2. The molecule has 0 bridgehead atoms. The number of nitrogens with one attached hydrogen (secondary N) is 1. The number of carbonyl (C=O) groups excluding carboxylic acids is 2. The Morgan fingerprint density at radius 3 is 2.03 bits per heavy atom. The predicted molar refractivity (Wildman–Crippen MR) is 123 cm³/mol. The molecule has 1 fully saturated rings. The number of hydrogen-bond acceptors (Lipinski definition) is 5. The summed E-state index contributed by atoms with van der Waals surface area (Å²) in [5, 5.41) is 2.38. The predicted octanol–water partition coefficient (Wildman–Crippen LogP) is 5.30. The number of amides is 2. The van der Waals surface area contributed by atoms with Gasteiger partial charge in [0.05, 0.1) is 34.1 Å². The summed E-state index contributed by atoms with van der Waals surface area (Å²) in [4.78, 5) is 39.7. The van der Waals surface area contributed by atoms with Crippen LogP contribution in [0, 0.1) is 0 Å². The maximum Gasteiger partial charge on any atom is 0.416 e. The Balaban J connectivity index is 1.58. The van der Waals surface area contributed by atoms with E-state index in [4.69, 9.17) is 0 Å². The van der Waals surface area contributed by atoms with Gasteiger partial charge in [-0.15, -0.1) is 0 Å². The first-order chi connectivity index (χ1) is 17.8. The van der Waals surface area contributed by atoms with Crippen LogP contribution in [-0.2, 0) is 12.4 Å². The third-order valence-electron chi connectivity index (χ3n) is 5.98. The smallest absolute Gasteiger partial charge is 0.344 e. The Bertz CT molecular complexity index is 1300. The van der Waals surface area contributed by atoms with Gasteiger partial charge in [-0.25, -0.2) is 0 Å². The Hall–Kier alpha value is -4.03. The number of hydrogen-bond donors (Lipinski definition) is 1. The summed E-state index contributed by atoms with van der Waals surface area (Å²) < 4.78 is 79.1. The number of alkyl halides is 6. The number of aromatic nitrogens is 3. The zero-order valence-electron chi connectivity index (χ0n) is 19.9. The van der Waals surface area contributed by atoms with Crippen LogP contribution in [-0.4, -0.2) is 44.8 Å². The van der Waals surface area contributed by atoms with E-state index >= 15 is 0 Å². The lowest BCUT2D eigenvalue weighted by molar-refractivity contribution is -0.143. The topological polar surface area (TPSA) is 88.1 Å². The highest BCUT2D eigenvalue weighted by Crippen LogP contribution is 2.36. The van der Waals surface area contributed by atoms with Gasteiger partial charge < -0.3 is 10.2 Å². The molecular formula is C25H21F6N5O2. The summed E-state index contributed by atoms with van der Waals surface area (Å²) in [6, 6.07) is 2.81. The Morgan fingerprint density at radius 1 is 0.868 bits per heavy atom. The van der Waals surface area contributed by atoms with Crippen LogP contribution < -0.4 is 5.32 Å². The molecule has 200 valence electrons. The fraction of sp³-hybridized carbons (Fsp3) is 0.320. The van der Waals surface area contributed by atoms with E-state index in [1.54, 1.807) is 17.0 Å². The SMILES string of the molecule is CC(NC(=O)c1cc(C(F)(F)F)cc(C(F)(F)F)c1)c1nccnc1-c1ccc(C(=O)N2CCCC2)cn1. The van der Waals surface area contributed by atoms with Crippen LogP contribution in [0.15, 0.2) is 48.9 Å². The molecule has 1 saturated heterocycles. The Morgan fingerprint density at radius 2 is 1.47 bits per heavy atom. The van der Waals surface area contributed by atoms with Gasteiger partial charge in [-0.05, 0) is 50.1 Å². The Kier molecular flexibility index (Phi) is 7.38. The van der Waals surface area contributed by atoms with Crippen molar-refractivity contribution in [2.75, 3.05) is 13.1 Å². The minimum absolute atomic E-state index is 0.0508. The molecule has 3 aromatic rings. The van der Waals surface area contributed by atoms with Crippen molar-refractivity contribution in [2.24, 2.45) is 0 Å². The lowest BCUT2D eigenvalue weighted by Gasteiger charge is -2.18. The zero-order chi connectivity index (χ0) is 27.7. The number of nitrogens with zero attached hydrogens (tertiary/aromatic N) is 4. The first-order valence-electron chi connectivity index (χ1n) is 11.5. The van der Waals surface area contributed by atoms with Crippen LogP contribution in [0.1, 0.15) is 63.3 Å². The van der Waals surface area contributed by atoms with Gasteiger partial charge in [-0.1, -0.05) is 0 Å². The molecule has 1 aliphatic heterocycles. The van der Waals surface area contributed by atoms with Gasteiger partial charge in [0.1, 0.15) is 5.69 Å². The van der Waals surface area contributed by atoms with Gasteiger partial charge in [0.25, 0.3) is 11.8 Å². The summed E-state index contributed by atoms with van der Waals surface area (Å²) in [6.07, 6.45) is -4.25. The molecule has 1 N–H and O–H groups in total. The van der Waals surface area contributed by atoms with Crippen LogP contribution in [0.3, 0.4) is 0 Å². The largest absolute Gasteiger partial charge is 0.416 e. The monoisotopic (exact) mass is 537 g/mol. The van der Waals surface area contributed by atoms with Crippen molar-refractivity contribution < 1.29 is 35.9 Å². The van der Waals surface area contributed by atoms with Gasteiger partial charge in [-0.3, -0.25) is 24.5 Å². The minimum Gasteiger partial charge on any atom is -0.344 e. The maximum absolute atomic E-state index is 13.2. The van der Waals surface area contributed by atoms with Gasteiger partial charge >= 0.3 is 12.4 Å². The van der Waals surface area contributed by atoms with E-state index < -0.39 is 41.0 Å². The van der Waals surface area contributed by atoms with E-state index in [1.807, 2.05) is 0 Å². The first-order valence-corrected chi connectivity index (χ1v) is 11.5. The lowest BCUT2D eigenvalue weighted by Crippen LogP contribution is -2.29. The van der Waals surface area contributed by atoms with Crippen molar-refractivity contribution in [3.8, 4) is 11.4 Å². The molecular weight excluding hydrogens is 516 g/mol. The van der Waals surface area contributed by atoms with Crippen molar-refractivity contribution in [3.63, 3.8) is 0 Å². The molecule has 2 aromatic heterocycles. The van der Waals surface area contributed by atoms with Crippen molar-refractivity contribution in [3.05, 3.63) is 76.9 Å². The molecule has 2 amide bonds. The average Bonchev–Trinajstić information content (AvgIpc) is 3.42. The van der Waals surface area contributed by atoms with Crippen LogP contribution in [0.2, 0.25) is 0 Å². The number of rotatable bonds is 5.